The minimum Gasteiger partial charge on any atom is -0.463 e. The zero-order chi connectivity index (χ0) is 11.9. The standard InChI is InChI=1S/C11H19NO3/c1-9(7-11(2,3)4)10(14)15-6-5-12-8-13/h9H,5-7H2,1-4H3. The fourth-order valence-electron chi connectivity index (χ4n) is 1.38. The van der Waals surface area contributed by atoms with Gasteiger partial charge in [-0.3, -0.25) is 4.79 Å². The van der Waals surface area contributed by atoms with Crippen molar-refractivity contribution in [2.75, 3.05) is 13.2 Å². The van der Waals surface area contributed by atoms with Crippen molar-refractivity contribution in [3.63, 3.8) is 0 Å². The molecule has 0 aliphatic heterocycles. The first-order chi connectivity index (χ1) is 6.87. The fourth-order valence-corrected chi connectivity index (χ4v) is 1.38. The summed E-state index contributed by atoms with van der Waals surface area (Å²) in [5.41, 5.74) is 0.111. The van der Waals surface area contributed by atoms with E-state index < -0.39 is 0 Å². The Balaban J connectivity index is 3.84. The zero-order valence-corrected chi connectivity index (χ0v) is 9.87. The maximum Gasteiger partial charge on any atom is 0.308 e. The van der Waals surface area contributed by atoms with Crippen LogP contribution in [0.15, 0.2) is 4.99 Å². The third-order valence-electron chi connectivity index (χ3n) is 1.83. The van der Waals surface area contributed by atoms with Crippen LogP contribution in [-0.2, 0) is 14.3 Å². The lowest BCUT2D eigenvalue weighted by Crippen LogP contribution is -2.21. The molecule has 0 aliphatic rings. The predicted molar refractivity (Wildman–Crippen MR) is 57.2 cm³/mol. The van der Waals surface area contributed by atoms with Gasteiger partial charge in [-0.2, -0.15) is 0 Å². The first-order valence-corrected chi connectivity index (χ1v) is 5.07. The molecule has 0 radical (unpaired) electrons. The van der Waals surface area contributed by atoms with Gasteiger partial charge in [0.05, 0.1) is 12.5 Å². The summed E-state index contributed by atoms with van der Waals surface area (Å²) in [5.74, 6) is -0.351. The summed E-state index contributed by atoms with van der Waals surface area (Å²) in [6.07, 6.45) is 2.17. The van der Waals surface area contributed by atoms with E-state index in [1.807, 2.05) is 6.92 Å². The summed E-state index contributed by atoms with van der Waals surface area (Å²) in [6.45, 7) is 8.42. The Kier molecular flexibility index (Phi) is 5.87. The van der Waals surface area contributed by atoms with Crippen molar-refractivity contribution in [3.8, 4) is 0 Å². The molecule has 1 unspecified atom stereocenters. The molecule has 4 nitrogen and oxygen atoms in total. The molecule has 0 aliphatic carbocycles. The van der Waals surface area contributed by atoms with Crippen molar-refractivity contribution in [2.45, 2.75) is 34.1 Å². The minimum atomic E-state index is -0.231. The van der Waals surface area contributed by atoms with Crippen LogP contribution in [0.4, 0.5) is 0 Å². The maximum absolute atomic E-state index is 11.4. The second-order valence-corrected chi connectivity index (χ2v) is 4.81. The number of esters is 1. The zero-order valence-electron chi connectivity index (χ0n) is 9.87. The molecule has 0 spiro atoms. The molecule has 0 aromatic heterocycles. The van der Waals surface area contributed by atoms with Crippen LogP contribution in [0.5, 0.6) is 0 Å². The highest BCUT2D eigenvalue weighted by Crippen LogP contribution is 2.24. The third kappa shape index (κ3) is 7.89. The van der Waals surface area contributed by atoms with Crippen LogP contribution in [0.1, 0.15) is 34.1 Å². The summed E-state index contributed by atoms with van der Waals surface area (Å²) in [5, 5.41) is 0. The normalized spacial score (nSPS) is 12.8. The van der Waals surface area contributed by atoms with Crippen LogP contribution in [-0.4, -0.2) is 25.2 Å². The van der Waals surface area contributed by atoms with Gasteiger partial charge in [-0.05, 0) is 11.8 Å². The fraction of sp³-hybridized carbons (Fsp3) is 0.818. The third-order valence-corrected chi connectivity index (χ3v) is 1.83. The topological polar surface area (TPSA) is 55.7 Å². The predicted octanol–water partition coefficient (Wildman–Crippen LogP) is 1.94. The molecule has 0 N–H and O–H groups in total. The smallest absolute Gasteiger partial charge is 0.308 e. The van der Waals surface area contributed by atoms with Gasteiger partial charge in [0.15, 0.2) is 0 Å². The maximum atomic E-state index is 11.4. The van der Waals surface area contributed by atoms with Gasteiger partial charge < -0.3 is 4.74 Å². The summed E-state index contributed by atoms with van der Waals surface area (Å²) in [6, 6.07) is 0. The SMILES string of the molecule is CC(CC(C)(C)C)C(=O)OCCN=C=O. The van der Waals surface area contributed by atoms with Gasteiger partial charge >= 0.3 is 5.97 Å². The minimum absolute atomic E-state index is 0.111. The summed E-state index contributed by atoms with van der Waals surface area (Å²) in [7, 11) is 0. The van der Waals surface area contributed by atoms with Crippen LogP contribution in [0.2, 0.25) is 0 Å². The molecule has 0 heterocycles. The van der Waals surface area contributed by atoms with E-state index in [9.17, 15) is 9.59 Å². The Morgan fingerprint density at radius 3 is 2.53 bits per heavy atom. The monoisotopic (exact) mass is 213 g/mol. The van der Waals surface area contributed by atoms with Gasteiger partial charge in [-0.1, -0.05) is 27.7 Å². The van der Waals surface area contributed by atoms with Crippen molar-refractivity contribution in [2.24, 2.45) is 16.3 Å². The lowest BCUT2D eigenvalue weighted by Gasteiger charge is -2.21. The van der Waals surface area contributed by atoms with E-state index in [2.05, 4.69) is 25.8 Å². The van der Waals surface area contributed by atoms with Crippen LogP contribution in [0, 0.1) is 11.3 Å². The molecule has 0 aromatic rings. The van der Waals surface area contributed by atoms with Crippen molar-refractivity contribution >= 4 is 12.0 Å². The van der Waals surface area contributed by atoms with Crippen molar-refractivity contribution in [3.05, 3.63) is 0 Å². The number of carbonyl (C=O) groups is 1. The molecule has 0 saturated carbocycles. The Hall–Kier alpha value is -1.15. The Labute approximate surface area is 90.7 Å². The van der Waals surface area contributed by atoms with E-state index in [0.717, 1.165) is 6.42 Å². The molecule has 0 bridgehead atoms. The molecule has 0 rings (SSSR count). The molecular weight excluding hydrogens is 194 g/mol. The number of isocyanates is 1. The molecule has 0 aromatic carbocycles. The van der Waals surface area contributed by atoms with E-state index in [-0.39, 0.29) is 30.5 Å². The second-order valence-electron chi connectivity index (χ2n) is 4.81. The lowest BCUT2D eigenvalue weighted by molar-refractivity contribution is -0.148. The lowest BCUT2D eigenvalue weighted by atomic mass is 9.85. The first kappa shape index (κ1) is 13.8. The van der Waals surface area contributed by atoms with Gasteiger partial charge in [-0.15, -0.1) is 0 Å². The highest BCUT2D eigenvalue weighted by molar-refractivity contribution is 5.72. The highest BCUT2D eigenvalue weighted by atomic mass is 16.5. The molecule has 0 fully saturated rings. The highest BCUT2D eigenvalue weighted by Gasteiger charge is 2.21. The largest absolute Gasteiger partial charge is 0.463 e. The van der Waals surface area contributed by atoms with Crippen LogP contribution < -0.4 is 0 Å². The molecule has 86 valence electrons. The molecule has 0 saturated heterocycles. The molecule has 4 heteroatoms. The first-order valence-electron chi connectivity index (χ1n) is 5.07. The number of hydrogen-bond donors (Lipinski definition) is 0. The number of rotatable bonds is 5. The molecule has 0 amide bonds. The van der Waals surface area contributed by atoms with Crippen LogP contribution in [0.25, 0.3) is 0 Å². The number of nitrogens with zero attached hydrogens (tertiary/aromatic N) is 1. The van der Waals surface area contributed by atoms with E-state index in [1.165, 1.54) is 6.08 Å². The quantitative estimate of drug-likeness (QED) is 0.303. The Morgan fingerprint density at radius 2 is 2.07 bits per heavy atom. The molecule has 1 atom stereocenters. The number of hydrogen-bond acceptors (Lipinski definition) is 4. The Bertz CT molecular complexity index is 249. The van der Waals surface area contributed by atoms with Gasteiger partial charge in [0, 0.05) is 0 Å². The van der Waals surface area contributed by atoms with Crippen LogP contribution in [0.3, 0.4) is 0 Å². The average molecular weight is 213 g/mol. The van der Waals surface area contributed by atoms with Gasteiger partial charge in [0.1, 0.15) is 6.61 Å². The number of carbonyl (C=O) groups excluding carboxylic acids is 2. The van der Waals surface area contributed by atoms with Crippen LogP contribution >= 0.6 is 0 Å². The van der Waals surface area contributed by atoms with Gasteiger partial charge in [0.2, 0.25) is 6.08 Å². The summed E-state index contributed by atoms with van der Waals surface area (Å²) < 4.78 is 4.94. The second kappa shape index (κ2) is 6.36. The number of ether oxygens (including phenoxy) is 1. The van der Waals surface area contributed by atoms with E-state index >= 15 is 0 Å². The van der Waals surface area contributed by atoms with Crippen molar-refractivity contribution in [1.29, 1.82) is 0 Å². The van der Waals surface area contributed by atoms with Crippen molar-refractivity contribution < 1.29 is 14.3 Å². The van der Waals surface area contributed by atoms with E-state index in [1.54, 1.807) is 0 Å². The summed E-state index contributed by atoms with van der Waals surface area (Å²) in [4.78, 5) is 24.5. The Morgan fingerprint density at radius 1 is 1.47 bits per heavy atom. The number of aliphatic imine (C=N–C) groups is 1. The van der Waals surface area contributed by atoms with Gasteiger partial charge in [-0.25, -0.2) is 9.79 Å². The summed E-state index contributed by atoms with van der Waals surface area (Å²) >= 11 is 0. The van der Waals surface area contributed by atoms with E-state index in [4.69, 9.17) is 4.74 Å². The van der Waals surface area contributed by atoms with E-state index in [0.29, 0.717) is 0 Å². The van der Waals surface area contributed by atoms with Crippen molar-refractivity contribution in [1.82, 2.24) is 0 Å². The molecule has 15 heavy (non-hydrogen) atoms. The van der Waals surface area contributed by atoms with Gasteiger partial charge in [0.25, 0.3) is 0 Å². The molecular formula is C11H19NO3. The average Bonchev–Trinajstić information content (AvgIpc) is 2.09.